The molecule has 0 bridgehead atoms. The molecule has 0 spiro atoms. The molecular weight excluding hydrogens is 250 g/mol. The lowest BCUT2D eigenvalue weighted by atomic mass is 9.64. The van der Waals surface area contributed by atoms with Gasteiger partial charge in [-0.1, -0.05) is 26.2 Å². The number of phenolic OH excluding ortho intramolecular Hbond substituents is 1. The summed E-state index contributed by atoms with van der Waals surface area (Å²) in [7, 11) is 0. The maximum absolute atomic E-state index is 11.8. The summed E-state index contributed by atoms with van der Waals surface area (Å²) in [5.74, 6) is 1.54. The highest BCUT2D eigenvalue weighted by molar-refractivity contribution is 5.92. The highest BCUT2D eigenvalue weighted by atomic mass is 16.3. The molecule has 0 heterocycles. The predicted octanol–water partition coefficient (Wildman–Crippen LogP) is 4.28. The molecule has 0 aromatic heterocycles. The number of nitrogens with one attached hydrogen (secondary N) is 1. The molecule has 0 unspecified atom stereocenters. The lowest BCUT2D eigenvalue weighted by molar-refractivity contribution is -0.116. The van der Waals surface area contributed by atoms with E-state index in [1.807, 2.05) is 13.0 Å². The minimum Gasteiger partial charge on any atom is -0.508 e. The van der Waals surface area contributed by atoms with Crippen molar-refractivity contribution < 1.29 is 9.90 Å². The Morgan fingerprint density at radius 2 is 1.90 bits per heavy atom. The van der Waals surface area contributed by atoms with E-state index in [1.165, 1.54) is 37.7 Å². The minimum atomic E-state index is 0.0810. The van der Waals surface area contributed by atoms with Gasteiger partial charge in [0.25, 0.3) is 0 Å². The normalized spacial score (nSPS) is 24.1. The van der Waals surface area contributed by atoms with Crippen molar-refractivity contribution in [2.75, 3.05) is 5.32 Å². The molecule has 1 amide bonds. The van der Waals surface area contributed by atoms with Crippen LogP contribution in [0.3, 0.4) is 0 Å². The van der Waals surface area contributed by atoms with Gasteiger partial charge in [-0.05, 0) is 48.8 Å². The fraction of sp³-hybridized carbons (Fsp3) is 0.588. The Balaban J connectivity index is 1.91. The molecule has 20 heavy (non-hydrogen) atoms. The molecule has 0 radical (unpaired) electrons. The number of phenols is 1. The first-order valence-corrected chi connectivity index (χ1v) is 7.88. The van der Waals surface area contributed by atoms with Crippen molar-refractivity contribution in [2.24, 2.45) is 0 Å². The average Bonchev–Trinajstić information content (AvgIpc) is 2.59. The maximum Gasteiger partial charge on any atom is 0.224 e. The predicted molar refractivity (Wildman–Crippen MR) is 80.2 cm³/mol. The number of hydrogen-bond acceptors (Lipinski definition) is 2. The largest absolute Gasteiger partial charge is 0.508 e. The number of hydrogen-bond donors (Lipinski definition) is 2. The Bertz CT molecular complexity index is 524. The molecule has 108 valence electrons. The summed E-state index contributed by atoms with van der Waals surface area (Å²) in [5.41, 5.74) is 3.24. The first-order chi connectivity index (χ1) is 9.72. The monoisotopic (exact) mass is 273 g/mol. The summed E-state index contributed by atoms with van der Waals surface area (Å²) < 4.78 is 0. The van der Waals surface area contributed by atoms with Crippen LogP contribution in [0.25, 0.3) is 0 Å². The number of benzene rings is 1. The fourth-order valence-electron chi connectivity index (χ4n) is 3.87. The van der Waals surface area contributed by atoms with Gasteiger partial charge in [-0.2, -0.15) is 0 Å². The molecule has 2 N–H and O–H groups in total. The summed E-state index contributed by atoms with van der Waals surface area (Å²) in [6, 6.07) is 3.60. The number of amides is 1. The van der Waals surface area contributed by atoms with Crippen LogP contribution in [0.1, 0.15) is 74.8 Å². The van der Waals surface area contributed by atoms with Gasteiger partial charge in [0.15, 0.2) is 0 Å². The SMILES string of the molecule is CCCC(=O)Nc1ccc(O)c2c1[C@H]1CCCCC[C@H]21. The van der Waals surface area contributed by atoms with E-state index < -0.39 is 0 Å². The third-order valence-electron chi connectivity index (χ3n) is 4.77. The van der Waals surface area contributed by atoms with E-state index in [0.717, 1.165) is 17.7 Å². The lowest BCUT2D eigenvalue weighted by Crippen LogP contribution is -2.26. The van der Waals surface area contributed by atoms with Crippen molar-refractivity contribution >= 4 is 11.6 Å². The molecule has 3 rings (SSSR count). The number of carbonyl (C=O) groups excluding carboxylic acids is 1. The average molecular weight is 273 g/mol. The number of aromatic hydroxyl groups is 1. The van der Waals surface area contributed by atoms with Crippen LogP contribution in [0.2, 0.25) is 0 Å². The van der Waals surface area contributed by atoms with Crippen LogP contribution >= 0.6 is 0 Å². The molecule has 1 aromatic carbocycles. The summed E-state index contributed by atoms with van der Waals surface area (Å²) >= 11 is 0. The molecule has 3 nitrogen and oxygen atoms in total. The van der Waals surface area contributed by atoms with Gasteiger partial charge in [0.2, 0.25) is 5.91 Å². The Morgan fingerprint density at radius 1 is 1.20 bits per heavy atom. The van der Waals surface area contributed by atoms with Gasteiger partial charge in [0.05, 0.1) is 0 Å². The van der Waals surface area contributed by atoms with Gasteiger partial charge >= 0.3 is 0 Å². The van der Waals surface area contributed by atoms with E-state index in [-0.39, 0.29) is 5.91 Å². The van der Waals surface area contributed by atoms with E-state index in [9.17, 15) is 9.90 Å². The molecule has 3 heteroatoms. The molecule has 1 fully saturated rings. The first kappa shape index (κ1) is 13.5. The second-order valence-electron chi connectivity index (χ2n) is 6.11. The van der Waals surface area contributed by atoms with Gasteiger partial charge < -0.3 is 10.4 Å². The van der Waals surface area contributed by atoms with Gasteiger partial charge in [-0.25, -0.2) is 0 Å². The van der Waals surface area contributed by atoms with E-state index in [2.05, 4.69) is 5.32 Å². The van der Waals surface area contributed by atoms with Gasteiger partial charge in [-0.3, -0.25) is 4.79 Å². The number of anilines is 1. The van der Waals surface area contributed by atoms with Crippen LogP contribution in [-0.4, -0.2) is 11.0 Å². The zero-order valence-corrected chi connectivity index (χ0v) is 12.1. The third-order valence-corrected chi connectivity index (χ3v) is 4.77. The lowest BCUT2D eigenvalue weighted by Gasteiger charge is -2.41. The second kappa shape index (κ2) is 5.47. The van der Waals surface area contributed by atoms with Crippen LogP contribution in [0.5, 0.6) is 5.75 Å². The Morgan fingerprint density at radius 3 is 2.60 bits per heavy atom. The smallest absolute Gasteiger partial charge is 0.224 e. The number of carbonyl (C=O) groups is 1. The van der Waals surface area contributed by atoms with Crippen molar-refractivity contribution in [1.82, 2.24) is 0 Å². The molecule has 0 saturated heterocycles. The fourth-order valence-corrected chi connectivity index (χ4v) is 3.87. The Hall–Kier alpha value is -1.51. The van der Waals surface area contributed by atoms with E-state index in [1.54, 1.807) is 6.07 Å². The Labute approximate surface area is 120 Å². The van der Waals surface area contributed by atoms with Crippen molar-refractivity contribution in [3.05, 3.63) is 23.3 Å². The third kappa shape index (κ3) is 2.19. The summed E-state index contributed by atoms with van der Waals surface area (Å²) in [6.45, 7) is 2.01. The maximum atomic E-state index is 11.8. The zero-order chi connectivity index (χ0) is 14.1. The summed E-state index contributed by atoms with van der Waals surface area (Å²) in [4.78, 5) is 11.8. The van der Waals surface area contributed by atoms with Gasteiger partial charge in [-0.15, -0.1) is 0 Å². The molecule has 1 saturated carbocycles. The van der Waals surface area contributed by atoms with Crippen LogP contribution < -0.4 is 5.32 Å². The van der Waals surface area contributed by atoms with Gasteiger partial charge in [0, 0.05) is 17.7 Å². The number of fused-ring (bicyclic) bond motifs is 4. The van der Waals surface area contributed by atoms with E-state index >= 15 is 0 Å². The molecule has 1 aromatic rings. The molecule has 0 aliphatic heterocycles. The van der Waals surface area contributed by atoms with Gasteiger partial charge in [0.1, 0.15) is 5.75 Å². The Kier molecular flexibility index (Phi) is 3.68. The van der Waals surface area contributed by atoms with Crippen molar-refractivity contribution in [3.8, 4) is 5.75 Å². The molecule has 2 atom stereocenters. The minimum absolute atomic E-state index is 0.0810. The zero-order valence-electron chi connectivity index (χ0n) is 12.1. The first-order valence-electron chi connectivity index (χ1n) is 7.88. The van der Waals surface area contributed by atoms with Crippen LogP contribution in [-0.2, 0) is 4.79 Å². The highest BCUT2D eigenvalue weighted by Crippen LogP contribution is 2.58. The van der Waals surface area contributed by atoms with Crippen molar-refractivity contribution in [3.63, 3.8) is 0 Å². The van der Waals surface area contributed by atoms with E-state index in [0.29, 0.717) is 24.0 Å². The van der Waals surface area contributed by atoms with E-state index in [4.69, 9.17) is 0 Å². The van der Waals surface area contributed by atoms with Crippen LogP contribution in [0, 0.1) is 0 Å². The summed E-state index contributed by atoms with van der Waals surface area (Å²) in [5, 5.41) is 13.2. The highest BCUT2D eigenvalue weighted by Gasteiger charge is 2.42. The molecular formula is C17H23NO2. The second-order valence-corrected chi connectivity index (χ2v) is 6.11. The van der Waals surface area contributed by atoms with Crippen LogP contribution in [0.4, 0.5) is 5.69 Å². The molecule has 2 aliphatic rings. The standard InChI is InChI=1S/C17H23NO2/c1-2-6-15(20)18-13-9-10-14(19)17-12-8-5-3-4-7-11(12)16(13)17/h9-12,19H,2-8H2,1H3,(H,18,20)/t11-,12-/m0/s1. The van der Waals surface area contributed by atoms with Crippen molar-refractivity contribution in [1.29, 1.82) is 0 Å². The quantitative estimate of drug-likeness (QED) is 0.808. The summed E-state index contributed by atoms with van der Waals surface area (Å²) in [6.07, 6.45) is 7.60. The van der Waals surface area contributed by atoms with Crippen molar-refractivity contribution in [2.45, 2.75) is 63.7 Å². The topological polar surface area (TPSA) is 49.3 Å². The van der Waals surface area contributed by atoms with Crippen LogP contribution in [0.15, 0.2) is 12.1 Å². The molecule has 2 aliphatic carbocycles. The number of rotatable bonds is 3.